The fourth-order valence-electron chi connectivity index (χ4n) is 2.71. The van der Waals surface area contributed by atoms with E-state index in [1.165, 1.54) is 23.7 Å². The third-order valence-electron chi connectivity index (χ3n) is 3.89. The third-order valence-corrected chi connectivity index (χ3v) is 3.89. The van der Waals surface area contributed by atoms with Crippen molar-refractivity contribution in [3.05, 3.63) is 47.7 Å². The summed E-state index contributed by atoms with van der Waals surface area (Å²) in [6.07, 6.45) is 2.37. The second-order valence-corrected chi connectivity index (χ2v) is 7.08. The zero-order chi connectivity index (χ0) is 19.9. The normalized spacial score (nSPS) is 12.9. The molecule has 6 nitrogen and oxygen atoms in total. The van der Waals surface area contributed by atoms with Gasteiger partial charge in [-0.2, -0.15) is 0 Å². The van der Waals surface area contributed by atoms with Crippen LogP contribution in [0, 0.1) is 0 Å². The molecule has 0 aliphatic carbocycles. The molecular weight excluding hydrogens is 344 g/mol. The summed E-state index contributed by atoms with van der Waals surface area (Å²) in [5, 5.41) is 2.36. The average Bonchev–Trinajstić information content (AvgIpc) is 2.66. The zero-order valence-electron chi connectivity index (χ0n) is 16.7. The Morgan fingerprint density at radius 2 is 2.04 bits per heavy atom. The van der Waals surface area contributed by atoms with Crippen LogP contribution in [-0.2, 0) is 22.5 Å². The van der Waals surface area contributed by atoms with Gasteiger partial charge in [0.05, 0.1) is 20.3 Å². The molecule has 0 spiro atoms. The van der Waals surface area contributed by atoms with Crippen molar-refractivity contribution in [1.29, 1.82) is 0 Å². The lowest BCUT2D eigenvalue weighted by Crippen LogP contribution is -2.30. The van der Waals surface area contributed by atoms with Gasteiger partial charge in [0.1, 0.15) is 5.60 Å². The number of alkyl carbamates (subject to hydrolysis) is 1. The molecule has 1 aliphatic heterocycles. The van der Waals surface area contributed by atoms with Gasteiger partial charge < -0.3 is 19.5 Å². The van der Waals surface area contributed by atoms with E-state index < -0.39 is 0 Å². The summed E-state index contributed by atoms with van der Waals surface area (Å²) in [4.78, 5) is 14.6. The first kappa shape index (κ1) is 20.7. The standard InChI is InChI=1S/C15H15NO2.C6H13NO2/c1-17-15-9-11(5-7-16-15)13-4-2-3-12-10-18-8-6-14(12)13;1-6(2,3)9-5(8)7-4/h2-5,7,9H,6,8,10H2,1H3;1-4H3,(H,7,8). The van der Waals surface area contributed by atoms with Gasteiger partial charge in [-0.25, -0.2) is 9.78 Å². The van der Waals surface area contributed by atoms with Crippen LogP contribution < -0.4 is 10.1 Å². The van der Waals surface area contributed by atoms with Crippen molar-refractivity contribution < 1.29 is 19.0 Å². The van der Waals surface area contributed by atoms with Crippen molar-refractivity contribution in [1.82, 2.24) is 10.3 Å². The fourth-order valence-corrected chi connectivity index (χ4v) is 2.71. The van der Waals surface area contributed by atoms with Gasteiger partial charge in [-0.15, -0.1) is 0 Å². The van der Waals surface area contributed by atoms with Crippen LogP contribution in [0.25, 0.3) is 11.1 Å². The van der Waals surface area contributed by atoms with Gasteiger partial charge >= 0.3 is 6.09 Å². The molecule has 2 aromatic rings. The highest BCUT2D eigenvalue weighted by Crippen LogP contribution is 2.30. The number of carbonyl (C=O) groups is 1. The van der Waals surface area contributed by atoms with Gasteiger partial charge in [-0.05, 0) is 55.5 Å². The Bertz CT molecular complexity index is 769. The Morgan fingerprint density at radius 3 is 2.67 bits per heavy atom. The molecule has 1 aromatic heterocycles. The molecule has 27 heavy (non-hydrogen) atoms. The van der Waals surface area contributed by atoms with E-state index in [-0.39, 0.29) is 11.7 Å². The van der Waals surface area contributed by atoms with Gasteiger partial charge in [0, 0.05) is 19.3 Å². The topological polar surface area (TPSA) is 69.7 Å². The molecule has 1 amide bonds. The molecule has 1 aliphatic rings. The van der Waals surface area contributed by atoms with E-state index in [9.17, 15) is 4.79 Å². The Kier molecular flexibility index (Phi) is 7.19. The molecule has 6 heteroatoms. The Labute approximate surface area is 160 Å². The Hall–Kier alpha value is -2.60. The number of carbonyl (C=O) groups excluding carboxylic acids is 1. The number of amides is 1. The Balaban J connectivity index is 0.000000249. The van der Waals surface area contributed by atoms with Crippen molar-refractivity contribution in [3.63, 3.8) is 0 Å². The second kappa shape index (κ2) is 9.37. The maximum absolute atomic E-state index is 10.5. The number of methoxy groups -OCH3 is 1. The number of nitrogens with one attached hydrogen (secondary N) is 1. The van der Waals surface area contributed by atoms with Gasteiger partial charge in [-0.3, -0.25) is 0 Å². The number of aromatic nitrogens is 1. The zero-order valence-corrected chi connectivity index (χ0v) is 16.7. The summed E-state index contributed by atoms with van der Waals surface area (Å²) in [6, 6.07) is 10.4. The molecule has 0 fully saturated rings. The van der Waals surface area contributed by atoms with E-state index in [4.69, 9.17) is 14.2 Å². The minimum atomic E-state index is -0.389. The van der Waals surface area contributed by atoms with Crippen LogP contribution in [0.1, 0.15) is 31.9 Å². The molecule has 0 radical (unpaired) electrons. The largest absolute Gasteiger partial charge is 0.481 e. The van der Waals surface area contributed by atoms with Crippen molar-refractivity contribution in [3.8, 4) is 17.0 Å². The molecule has 0 atom stereocenters. The van der Waals surface area contributed by atoms with Crippen molar-refractivity contribution >= 4 is 6.09 Å². The molecule has 146 valence electrons. The smallest absolute Gasteiger partial charge is 0.407 e. The number of ether oxygens (including phenoxy) is 3. The Morgan fingerprint density at radius 1 is 1.26 bits per heavy atom. The molecule has 1 N–H and O–H groups in total. The van der Waals surface area contributed by atoms with Crippen molar-refractivity contribution in [2.45, 2.75) is 39.4 Å². The first-order valence-corrected chi connectivity index (χ1v) is 8.93. The summed E-state index contributed by atoms with van der Waals surface area (Å²) in [5.41, 5.74) is 4.70. The average molecular weight is 372 g/mol. The van der Waals surface area contributed by atoms with E-state index >= 15 is 0 Å². The lowest BCUT2D eigenvalue weighted by Gasteiger charge is -2.20. The SMILES string of the molecule is CNC(=O)OC(C)(C)C.COc1cc(-c2cccc3c2CCOC3)ccn1. The number of rotatable bonds is 2. The first-order valence-electron chi connectivity index (χ1n) is 8.93. The summed E-state index contributed by atoms with van der Waals surface area (Å²) in [7, 11) is 3.18. The predicted molar refractivity (Wildman–Crippen MR) is 105 cm³/mol. The summed E-state index contributed by atoms with van der Waals surface area (Å²) in [5.74, 6) is 0.650. The molecule has 0 saturated carbocycles. The molecular formula is C21H28N2O4. The van der Waals surface area contributed by atoms with Crippen LogP contribution in [0.4, 0.5) is 4.79 Å². The molecule has 3 rings (SSSR count). The van der Waals surface area contributed by atoms with E-state index in [1.807, 2.05) is 32.9 Å². The van der Waals surface area contributed by atoms with Gasteiger partial charge in [0.25, 0.3) is 0 Å². The second-order valence-electron chi connectivity index (χ2n) is 7.08. The lowest BCUT2D eigenvalue weighted by molar-refractivity contribution is 0.0541. The lowest BCUT2D eigenvalue weighted by atomic mass is 9.93. The van der Waals surface area contributed by atoms with Gasteiger partial charge in [0.2, 0.25) is 5.88 Å². The maximum Gasteiger partial charge on any atom is 0.407 e. The fraction of sp³-hybridized carbons (Fsp3) is 0.429. The molecule has 0 bridgehead atoms. The van der Waals surface area contributed by atoms with Crippen LogP contribution in [0.3, 0.4) is 0 Å². The number of fused-ring (bicyclic) bond motifs is 1. The van der Waals surface area contributed by atoms with Crippen molar-refractivity contribution in [2.24, 2.45) is 0 Å². The van der Waals surface area contributed by atoms with Crippen LogP contribution in [-0.4, -0.2) is 37.4 Å². The molecule has 2 heterocycles. The van der Waals surface area contributed by atoms with Crippen LogP contribution in [0.5, 0.6) is 5.88 Å². The third kappa shape index (κ3) is 6.25. The van der Waals surface area contributed by atoms with E-state index in [2.05, 4.69) is 28.5 Å². The molecule has 0 saturated heterocycles. The molecule has 0 unspecified atom stereocenters. The number of pyridine rings is 1. The quantitative estimate of drug-likeness (QED) is 0.864. The number of hydrogen-bond acceptors (Lipinski definition) is 5. The predicted octanol–water partition coefficient (Wildman–Crippen LogP) is 3.97. The summed E-state index contributed by atoms with van der Waals surface area (Å²) >= 11 is 0. The highest BCUT2D eigenvalue weighted by atomic mass is 16.6. The first-order chi connectivity index (χ1) is 12.8. The van der Waals surface area contributed by atoms with Gasteiger partial charge in [-0.1, -0.05) is 18.2 Å². The maximum atomic E-state index is 10.5. The van der Waals surface area contributed by atoms with E-state index in [1.54, 1.807) is 13.3 Å². The number of nitrogens with zero attached hydrogens (tertiary/aromatic N) is 1. The monoisotopic (exact) mass is 372 g/mol. The summed E-state index contributed by atoms with van der Waals surface area (Å²) in [6.45, 7) is 6.98. The molecule has 1 aromatic carbocycles. The summed E-state index contributed by atoms with van der Waals surface area (Å²) < 4.78 is 15.5. The van der Waals surface area contributed by atoms with E-state index in [0.29, 0.717) is 12.5 Å². The minimum Gasteiger partial charge on any atom is -0.481 e. The number of hydrogen-bond donors (Lipinski definition) is 1. The van der Waals surface area contributed by atoms with E-state index in [0.717, 1.165) is 18.6 Å². The number of benzene rings is 1. The highest BCUT2D eigenvalue weighted by Gasteiger charge is 2.15. The van der Waals surface area contributed by atoms with Crippen LogP contribution >= 0.6 is 0 Å². The minimum absolute atomic E-state index is 0.387. The van der Waals surface area contributed by atoms with Crippen molar-refractivity contribution in [2.75, 3.05) is 20.8 Å². The van der Waals surface area contributed by atoms with Crippen LogP contribution in [0.15, 0.2) is 36.5 Å². The van der Waals surface area contributed by atoms with Crippen LogP contribution in [0.2, 0.25) is 0 Å². The highest BCUT2D eigenvalue weighted by molar-refractivity contribution is 5.69. The van der Waals surface area contributed by atoms with Gasteiger partial charge in [0.15, 0.2) is 0 Å².